The van der Waals surface area contributed by atoms with Crippen molar-refractivity contribution >= 4 is 11.6 Å². The van der Waals surface area contributed by atoms with Crippen molar-refractivity contribution in [1.29, 1.82) is 0 Å². The largest absolute Gasteiger partial charge is 0.363 e. The smallest absolute Gasteiger partial charge is 0.245 e. The highest BCUT2D eigenvalue weighted by molar-refractivity contribution is 5.87. The van der Waals surface area contributed by atoms with Gasteiger partial charge in [0.05, 0.1) is 0 Å². The fraction of sp³-hybridized carbons (Fsp3) is 0.417. The highest BCUT2D eigenvalue weighted by Crippen LogP contribution is 2.21. The normalized spacial score (nSPS) is 20.8. The topological polar surface area (TPSA) is 23.6 Å². The van der Waals surface area contributed by atoms with Gasteiger partial charge in [0.1, 0.15) is 6.04 Å². The first-order valence-electron chi connectivity index (χ1n) is 5.23. The maximum atomic E-state index is 11.8. The molecule has 0 aromatic heterocycles. The molecule has 3 nitrogen and oxygen atoms in total. The Bertz CT molecular complexity index is 350. The minimum absolute atomic E-state index is 0.0115. The molecule has 15 heavy (non-hydrogen) atoms. The van der Waals surface area contributed by atoms with E-state index in [0.717, 1.165) is 18.7 Å². The summed E-state index contributed by atoms with van der Waals surface area (Å²) in [5, 5.41) is 0. The van der Waals surface area contributed by atoms with Crippen molar-refractivity contribution in [2.75, 3.05) is 25.5 Å². The molecule has 1 saturated heterocycles. The first-order chi connectivity index (χ1) is 7.20. The summed E-state index contributed by atoms with van der Waals surface area (Å²) >= 11 is 0. The second-order valence-corrected chi connectivity index (χ2v) is 4.01. The summed E-state index contributed by atoms with van der Waals surface area (Å²) in [7, 11) is 3.85. The average Bonchev–Trinajstić information content (AvgIpc) is 2.60. The molecule has 2 rings (SSSR count). The van der Waals surface area contributed by atoms with E-state index in [0.29, 0.717) is 0 Å². The molecule has 0 radical (unpaired) electrons. The third-order valence-corrected chi connectivity index (χ3v) is 3.03. The predicted octanol–water partition coefficient (Wildman–Crippen LogP) is 1.35. The van der Waals surface area contributed by atoms with E-state index in [-0.39, 0.29) is 11.9 Å². The minimum atomic E-state index is 0.0115. The zero-order valence-corrected chi connectivity index (χ0v) is 9.18. The molecule has 1 aliphatic rings. The van der Waals surface area contributed by atoms with E-state index in [1.54, 1.807) is 4.90 Å². The quantitative estimate of drug-likeness (QED) is 0.726. The Labute approximate surface area is 90.3 Å². The first kappa shape index (κ1) is 10.0. The number of nitrogens with zero attached hydrogens (tertiary/aromatic N) is 2. The summed E-state index contributed by atoms with van der Waals surface area (Å²) in [6.07, 6.45) is 0.917. The number of likely N-dealkylation sites (tertiary alicyclic amines) is 1. The van der Waals surface area contributed by atoms with Crippen LogP contribution in [0.2, 0.25) is 0 Å². The Hall–Kier alpha value is -1.51. The van der Waals surface area contributed by atoms with Crippen LogP contribution in [0.15, 0.2) is 30.3 Å². The Balaban J connectivity index is 2.16. The van der Waals surface area contributed by atoms with Crippen LogP contribution in [0.3, 0.4) is 0 Å². The van der Waals surface area contributed by atoms with E-state index in [1.165, 1.54) is 0 Å². The Morgan fingerprint density at radius 3 is 2.53 bits per heavy atom. The fourth-order valence-electron chi connectivity index (χ4n) is 2.01. The van der Waals surface area contributed by atoms with Crippen LogP contribution in [0.1, 0.15) is 6.42 Å². The molecule has 1 aromatic carbocycles. The SMILES string of the molecule is CN1CCC(N(C)c2ccccc2)C1=O. The number of amides is 1. The number of anilines is 1. The third kappa shape index (κ3) is 1.82. The van der Waals surface area contributed by atoms with Gasteiger partial charge in [0, 0.05) is 26.3 Å². The Morgan fingerprint density at radius 1 is 1.33 bits per heavy atom. The molecule has 0 bridgehead atoms. The zero-order chi connectivity index (χ0) is 10.8. The van der Waals surface area contributed by atoms with Gasteiger partial charge in [-0.1, -0.05) is 18.2 Å². The number of carbonyl (C=O) groups excluding carboxylic acids is 1. The molecular formula is C12H16N2O. The summed E-state index contributed by atoms with van der Waals surface area (Å²) in [5.41, 5.74) is 1.10. The monoisotopic (exact) mass is 204 g/mol. The van der Waals surface area contributed by atoms with Crippen molar-refractivity contribution in [2.45, 2.75) is 12.5 Å². The summed E-state index contributed by atoms with van der Waals surface area (Å²) in [4.78, 5) is 15.7. The zero-order valence-electron chi connectivity index (χ0n) is 9.18. The number of hydrogen-bond donors (Lipinski definition) is 0. The Morgan fingerprint density at radius 2 is 2.00 bits per heavy atom. The summed E-state index contributed by atoms with van der Waals surface area (Å²) in [6.45, 7) is 0.862. The lowest BCUT2D eigenvalue weighted by atomic mass is 10.2. The lowest BCUT2D eigenvalue weighted by Crippen LogP contribution is -2.38. The van der Waals surface area contributed by atoms with E-state index >= 15 is 0 Å². The molecule has 1 aliphatic heterocycles. The van der Waals surface area contributed by atoms with Gasteiger partial charge in [-0.2, -0.15) is 0 Å². The molecule has 1 amide bonds. The number of carbonyl (C=O) groups is 1. The lowest BCUT2D eigenvalue weighted by molar-refractivity contribution is -0.127. The van der Waals surface area contributed by atoms with E-state index in [2.05, 4.69) is 4.90 Å². The maximum absolute atomic E-state index is 11.8. The van der Waals surface area contributed by atoms with Gasteiger partial charge in [0.25, 0.3) is 0 Å². The van der Waals surface area contributed by atoms with Crippen LogP contribution < -0.4 is 4.90 Å². The van der Waals surface area contributed by atoms with Gasteiger partial charge in [-0.3, -0.25) is 4.79 Å². The van der Waals surface area contributed by atoms with Crippen LogP contribution in [0, 0.1) is 0 Å². The van der Waals surface area contributed by atoms with Gasteiger partial charge in [0.2, 0.25) is 5.91 Å². The predicted molar refractivity (Wildman–Crippen MR) is 60.9 cm³/mol. The Kier molecular flexibility index (Phi) is 2.62. The highest BCUT2D eigenvalue weighted by Gasteiger charge is 2.32. The van der Waals surface area contributed by atoms with Gasteiger partial charge < -0.3 is 9.80 Å². The van der Waals surface area contributed by atoms with E-state index in [4.69, 9.17) is 0 Å². The van der Waals surface area contributed by atoms with Crippen molar-refractivity contribution in [3.05, 3.63) is 30.3 Å². The van der Waals surface area contributed by atoms with E-state index < -0.39 is 0 Å². The van der Waals surface area contributed by atoms with Gasteiger partial charge in [-0.15, -0.1) is 0 Å². The molecule has 0 spiro atoms. The maximum Gasteiger partial charge on any atom is 0.245 e. The molecule has 1 aromatic rings. The molecule has 0 aliphatic carbocycles. The molecule has 0 saturated carbocycles. The van der Waals surface area contributed by atoms with Gasteiger partial charge >= 0.3 is 0 Å². The number of para-hydroxylation sites is 1. The third-order valence-electron chi connectivity index (χ3n) is 3.03. The number of hydrogen-bond acceptors (Lipinski definition) is 2. The lowest BCUT2D eigenvalue weighted by Gasteiger charge is -2.25. The van der Waals surface area contributed by atoms with Crippen molar-refractivity contribution in [2.24, 2.45) is 0 Å². The van der Waals surface area contributed by atoms with Crippen molar-refractivity contribution in [1.82, 2.24) is 4.90 Å². The van der Waals surface area contributed by atoms with Crippen molar-refractivity contribution < 1.29 is 4.79 Å². The van der Waals surface area contributed by atoms with E-state index in [1.807, 2.05) is 44.4 Å². The first-order valence-corrected chi connectivity index (χ1v) is 5.23. The van der Waals surface area contributed by atoms with Crippen LogP contribution in [-0.2, 0) is 4.79 Å². The second kappa shape index (κ2) is 3.93. The molecule has 1 unspecified atom stereocenters. The van der Waals surface area contributed by atoms with Gasteiger partial charge in [0.15, 0.2) is 0 Å². The summed E-state index contributed by atoms with van der Waals surface area (Å²) < 4.78 is 0. The summed E-state index contributed by atoms with van der Waals surface area (Å²) in [6, 6.07) is 10.1. The molecule has 1 fully saturated rings. The van der Waals surface area contributed by atoms with Gasteiger partial charge in [-0.25, -0.2) is 0 Å². The molecule has 80 valence electrons. The number of likely N-dealkylation sites (N-methyl/N-ethyl adjacent to an activating group) is 2. The van der Waals surface area contributed by atoms with Crippen LogP contribution in [-0.4, -0.2) is 37.5 Å². The standard InChI is InChI=1S/C12H16N2O/c1-13-9-8-11(12(13)15)14(2)10-6-4-3-5-7-10/h3-7,11H,8-9H2,1-2H3. The van der Waals surface area contributed by atoms with Gasteiger partial charge in [-0.05, 0) is 18.6 Å². The molecule has 1 atom stereocenters. The van der Waals surface area contributed by atoms with Crippen LogP contribution in [0.4, 0.5) is 5.69 Å². The molecule has 3 heteroatoms. The average molecular weight is 204 g/mol. The number of rotatable bonds is 2. The number of benzene rings is 1. The molecule has 0 N–H and O–H groups in total. The van der Waals surface area contributed by atoms with Crippen molar-refractivity contribution in [3.8, 4) is 0 Å². The van der Waals surface area contributed by atoms with Crippen LogP contribution >= 0.6 is 0 Å². The minimum Gasteiger partial charge on any atom is -0.363 e. The fourth-order valence-corrected chi connectivity index (χ4v) is 2.01. The molecular weight excluding hydrogens is 188 g/mol. The summed E-state index contributed by atoms with van der Waals surface area (Å²) in [5.74, 6) is 0.223. The van der Waals surface area contributed by atoms with Crippen LogP contribution in [0.25, 0.3) is 0 Å². The van der Waals surface area contributed by atoms with Crippen LogP contribution in [0.5, 0.6) is 0 Å². The molecule has 1 heterocycles. The van der Waals surface area contributed by atoms with E-state index in [9.17, 15) is 4.79 Å². The van der Waals surface area contributed by atoms with Crippen molar-refractivity contribution in [3.63, 3.8) is 0 Å². The second-order valence-electron chi connectivity index (χ2n) is 4.01. The highest BCUT2D eigenvalue weighted by atomic mass is 16.2.